The van der Waals surface area contributed by atoms with Crippen LogP contribution in [0.15, 0.2) is 43.7 Å². The Labute approximate surface area is 110 Å². The van der Waals surface area contributed by atoms with Crippen molar-refractivity contribution in [3.8, 4) is 5.75 Å². The second-order valence-electron chi connectivity index (χ2n) is 3.42. The molecule has 0 amide bonds. The van der Waals surface area contributed by atoms with Gasteiger partial charge < -0.3 is 9.84 Å². The Hall–Kier alpha value is -2.84. The Morgan fingerprint density at radius 3 is 2.42 bits per heavy atom. The van der Waals surface area contributed by atoms with E-state index in [1.165, 1.54) is 24.3 Å². The molecule has 1 aromatic rings. The van der Waals surface area contributed by atoms with Crippen LogP contribution in [-0.4, -0.2) is 17.0 Å². The summed E-state index contributed by atoms with van der Waals surface area (Å²) >= 11 is 0. The first-order valence-electron chi connectivity index (χ1n) is 5.28. The smallest absolute Gasteiger partial charge is 0.336 e. The van der Waals surface area contributed by atoms with Gasteiger partial charge in [-0.15, -0.1) is 5.73 Å². The van der Waals surface area contributed by atoms with E-state index in [0.717, 1.165) is 6.08 Å². The second-order valence-corrected chi connectivity index (χ2v) is 3.42. The van der Waals surface area contributed by atoms with Crippen LogP contribution in [0.5, 0.6) is 5.75 Å². The summed E-state index contributed by atoms with van der Waals surface area (Å²) in [5, 5.41) is 9.09. The molecule has 19 heavy (non-hydrogen) atoms. The summed E-state index contributed by atoms with van der Waals surface area (Å²) in [6, 6.07) is 2.73. The molecular formula is C15H12O4. The van der Waals surface area contributed by atoms with Crippen LogP contribution in [0.4, 0.5) is 0 Å². The number of ether oxygens (including phenoxy) is 1. The molecule has 0 aliphatic carbocycles. The lowest BCUT2D eigenvalue weighted by Crippen LogP contribution is -2.07. The number of carboxylic acids is 1. The number of benzene rings is 1. The third-order valence-corrected chi connectivity index (χ3v) is 2.31. The largest absolute Gasteiger partial charge is 0.478 e. The average Bonchev–Trinajstić information content (AvgIpc) is 2.39. The minimum absolute atomic E-state index is 0.0508. The van der Waals surface area contributed by atoms with Crippen molar-refractivity contribution in [2.24, 2.45) is 0 Å². The molecule has 0 heterocycles. The lowest BCUT2D eigenvalue weighted by Gasteiger charge is -2.11. The predicted octanol–water partition coefficient (Wildman–Crippen LogP) is 2.92. The van der Waals surface area contributed by atoms with Crippen LogP contribution in [0, 0.1) is 0 Å². The van der Waals surface area contributed by atoms with Crippen molar-refractivity contribution < 1.29 is 19.4 Å². The zero-order valence-electron chi connectivity index (χ0n) is 10.2. The van der Waals surface area contributed by atoms with E-state index < -0.39 is 11.9 Å². The Balaban J connectivity index is 3.53. The summed E-state index contributed by atoms with van der Waals surface area (Å²) in [6.07, 6.45) is 3.81. The topological polar surface area (TPSA) is 63.6 Å². The van der Waals surface area contributed by atoms with Crippen LogP contribution in [0.25, 0.3) is 12.2 Å². The number of hydrogen-bond acceptors (Lipinski definition) is 3. The van der Waals surface area contributed by atoms with E-state index in [4.69, 9.17) is 9.84 Å². The summed E-state index contributed by atoms with van der Waals surface area (Å²) in [4.78, 5) is 22.3. The number of carbonyl (C=O) groups is 2. The monoisotopic (exact) mass is 256 g/mol. The summed E-state index contributed by atoms with van der Waals surface area (Å²) in [5.74, 6) is -1.55. The predicted molar refractivity (Wildman–Crippen MR) is 72.9 cm³/mol. The molecule has 0 saturated carbocycles. The van der Waals surface area contributed by atoms with E-state index in [0.29, 0.717) is 11.1 Å². The SMILES string of the molecule is C=C=Cc1c(OC(=O)C=C)ccc(C(=O)O)c1C=C. The van der Waals surface area contributed by atoms with Crippen molar-refractivity contribution in [1.82, 2.24) is 0 Å². The molecule has 0 bridgehead atoms. The summed E-state index contributed by atoms with van der Waals surface area (Å²) in [6.45, 7) is 10.3. The quantitative estimate of drug-likeness (QED) is 0.381. The van der Waals surface area contributed by atoms with Crippen molar-refractivity contribution in [1.29, 1.82) is 0 Å². The zero-order chi connectivity index (χ0) is 14.4. The van der Waals surface area contributed by atoms with Crippen molar-refractivity contribution in [3.63, 3.8) is 0 Å². The van der Waals surface area contributed by atoms with Crippen molar-refractivity contribution in [2.75, 3.05) is 0 Å². The fourth-order valence-corrected chi connectivity index (χ4v) is 1.51. The van der Waals surface area contributed by atoms with Crippen molar-refractivity contribution in [2.45, 2.75) is 0 Å². The number of rotatable bonds is 5. The van der Waals surface area contributed by atoms with Gasteiger partial charge in [-0.25, -0.2) is 9.59 Å². The molecular weight excluding hydrogens is 244 g/mol. The standard InChI is InChI=1S/C15H12O4/c1-4-7-11-10(5-2)12(15(17)18)8-9-13(11)19-14(16)6-3/h5-9H,1-3H2,(H,17,18). The first-order valence-corrected chi connectivity index (χ1v) is 5.28. The van der Waals surface area contributed by atoms with Gasteiger partial charge in [0.25, 0.3) is 0 Å². The van der Waals surface area contributed by atoms with Crippen LogP contribution in [0.1, 0.15) is 21.5 Å². The molecule has 0 saturated heterocycles. The van der Waals surface area contributed by atoms with E-state index in [1.807, 2.05) is 0 Å². The van der Waals surface area contributed by atoms with Crippen LogP contribution in [-0.2, 0) is 4.79 Å². The molecule has 1 N–H and O–H groups in total. The highest BCUT2D eigenvalue weighted by Crippen LogP contribution is 2.28. The molecule has 0 aromatic heterocycles. The Morgan fingerprint density at radius 2 is 1.95 bits per heavy atom. The molecule has 0 aliphatic heterocycles. The normalized spacial score (nSPS) is 9.05. The van der Waals surface area contributed by atoms with E-state index >= 15 is 0 Å². The van der Waals surface area contributed by atoms with E-state index in [1.54, 1.807) is 0 Å². The van der Waals surface area contributed by atoms with Crippen LogP contribution in [0.2, 0.25) is 0 Å². The number of esters is 1. The molecule has 0 unspecified atom stereocenters. The maximum absolute atomic E-state index is 11.2. The highest BCUT2D eigenvalue weighted by Gasteiger charge is 2.16. The van der Waals surface area contributed by atoms with Crippen molar-refractivity contribution in [3.05, 3.63) is 60.4 Å². The van der Waals surface area contributed by atoms with Gasteiger partial charge in [0.2, 0.25) is 0 Å². The lowest BCUT2D eigenvalue weighted by molar-refractivity contribution is -0.128. The molecule has 0 spiro atoms. The van der Waals surface area contributed by atoms with Gasteiger partial charge in [-0.05, 0) is 23.8 Å². The summed E-state index contributed by atoms with van der Waals surface area (Å²) in [5.41, 5.74) is 3.28. The number of aromatic carboxylic acids is 1. The van der Waals surface area contributed by atoms with Gasteiger partial charge in [0.15, 0.2) is 0 Å². The fourth-order valence-electron chi connectivity index (χ4n) is 1.51. The number of carboxylic acid groups (broad SMARTS) is 1. The summed E-state index contributed by atoms with van der Waals surface area (Å²) < 4.78 is 5.03. The third kappa shape index (κ3) is 3.09. The first kappa shape index (κ1) is 14.2. The first-order chi connectivity index (χ1) is 9.04. The lowest BCUT2D eigenvalue weighted by atomic mass is 9.99. The van der Waals surface area contributed by atoms with Gasteiger partial charge in [0, 0.05) is 11.6 Å². The summed E-state index contributed by atoms with van der Waals surface area (Å²) in [7, 11) is 0. The van der Waals surface area contributed by atoms with Gasteiger partial charge in [-0.2, -0.15) is 0 Å². The van der Waals surface area contributed by atoms with Gasteiger partial charge in [-0.1, -0.05) is 25.8 Å². The highest BCUT2D eigenvalue weighted by atomic mass is 16.5. The molecule has 0 radical (unpaired) electrons. The van der Waals surface area contributed by atoms with Gasteiger partial charge in [0.05, 0.1) is 5.56 Å². The van der Waals surface area contributed by atoms with Crippen LogP contribution in [0.3, 0.4) is 0 Å². The molecule has 0 fully saturated rings. The van der Waals surface area contributed by atoms with Crippen molar-refractivity contribution >= 4 is 24.1 Å². The molecule has 0 aliphatic rings. The van der Waals surface area contributed by atoms with E-state index in [9.17, 15) is 9.59 Å². The molecule has 0 atom stereocenters. The Kier molecular flexibility index (Phi) is 4.63. The molecule has 1 aromatic carbocycles. The minimum atomic E-state index is -1.10. The van der Waals surface area contributed by atoms with Gasteiger partial charge in [0.1, 0.15) is 5.75 Å². The maximum atomic E-state index is 11.2. The highest BCUT2D eigenvalue weighted by molar-refractivity contribution is 5.95. The van der Waals surface area contributed by atoms with Gasteiger partial charge in [-0.3, -0.25) is 0 Å². The van der Waals surface area contributed by atoms with E-state index in [-0.39, 0.29) is 11.3 Å². The van der Waals surface area contributed by atoms with Gasteiger partial charge >= 0.3 is 11.9 Å². The Morgan fingerprint density at radius 1 is 1.26 bits per heavy atom. The minimum Gasteiger partial charge on any atom is -0.478 e. The molecule has 96 valence electrons. The molecule has 1 rings (SSSR count). The van der Waals surface area contributed by atoms with Crippen LogP contribution >= 0.6 is 0 Å². The second kappa shape index (κ2) is 6.19. The maximum Gasteiger partial charge on any atom is 0.336 e. The molecule has 4 heteroatoms. The van der Waals surface area contributed by atoms with Crippen LogP contribution < -0.4 is 4.74 Å². The fraction of sp³-hybridized carbons (Fsp3) is 0. The van der Waals surface area contributed by atoms with E-state index in [2.05, 4.69) is 25.5 Å². The molecule has 4 nitrogen and oxygen atoms in total. The number of carbonyl (C=O) groups excluding carboxylic acids is 1. The average molecular weight is 256 g/mol. The third-order valence-electron chi connectivity index (χ3n) is 2.31. The Bertz CT molecular complexity index is 605. The number of hydrogen-bond donors (Lipinski definition) is 1. The zero-order valence-corrected chi connectivity index (χ0v) is 10.2.